The van der Waals surface area contributed by atoms with Crippen LogP contribution in [-0.4, -0.2) is 30.0 Å². The summed E-state index contributed by atoms with van der Waals surface area (Å²) in [6, 6.07) is 13.7. The Morgan fingerprint density at radius 3 is 2.50 bits per heavy atom. The lowest BCUT2D eigenvalue weighted by atomic mass is 10.0. The minimum absolute atomic E-state index is 0.0735. The van der Waals surface area contributed by atoms with Crippen molar-refractivity contribution in [2.24, 2.45) is 0 Å². The number of aliphatic hydroxyl groups is 1. The number of amides is 1. The van der Waals surface area contributed by atoms with Crippen molar-refractivity contribution in [1.29, 1.82) is 0 Å². The minimum Gasteiger partial charge on any atom is -0.388 e. The predicted molar refractivity (Wildman–Crippen MR) is 72.2 cm³/mol. The van der Waals surface area contributed by atoms with Gasteiger partial charge in [0.1, 0.15) is 0 Å². The van der Waals surface area contributed by atoms with Gasteiger partial charge in [-0.05, 0) is 22.4 Å². The fraction of sp³-hybridized carbons (Fsp3) is 0.267. The third-order valence-electron chi connectivity index (χ3n) is 3.03. The van der Waals surface area contributed by atoms with Crippen molar-refractivity contribution >= 4 is 16.7 Å². The van der Waals surface area contributed by atoms with Crippen LogP contribution in [0.5, 0.6) is 0 Å². The van der Waals surface area contributed by atoms with Gasteiger partial charge in [-0.3, -0.25) is 4.79 Å². The second-order valence-corrected chi connectivity index (χ2v) is 4.61. The van der Waals surface area contributed by atoms with E-state index in [0.717, 1.165) is 16.3 Å². The molecule has 0 heterocycles. The van der Waals surface area contributed by atoms with E-state index in [0.29, 0.717) is 0 Å². The average Bonchev–Trinajstić information content (AvgIpc) is 2.37. The highest BCUT2D eigenvalue weighted by Gasteiger charge is 2.14. The normalized spacial score (nSPS) is 12.4. The lowest BCUT2D eigenvalue weighted by Gasteiger charge is -2.15. The Morgan fingerprint density at radius 2 is 1.83 bits per heavy atom. The Morgan fingerprint density at radius 1 is 1.17 bits per heavy atom. The van der Waals surface area contributed by atoms with E-state index in [2.05, 4.69) is 0 Å². The molecule has 0 bridgehead atoms. The summed E-state index contributed by atoms with van der Waals surface area (Å²) in [5.41, 5.74) is 0.781. The number of nitrogens with zero attached hydrogens (tertiary/aromatic N) is 1. The number of aliphatic hydroxyl groups excluding tert-OH is 1. The van der Waals surface area contributed by atoms with Gasteiger partial charge in [0, 0.05) is 14.1 Å². The summed E-state index contributed by atoms with van der Waals surface area (Å²) in [6.07, 6.45) is -0.629. The molecule has 2 rings (SSSR count). The Balaban J connectivity index is 2.22. The largest absolute Gasteiger partial charge is 0.388 e. The van der Waals surface area contributed by atoms with Gasteiger partial charge in [0.25, 0.3) is 0 Å². The third kappa shape index (κ3) is 2.68. The van der Waals surface area contributed by atoms with E-state index >= 15 is 0 Å². The van der Waals surface area contributed by atoms with Gasteiger partial charge in [0.15, 0.2) is 0 Å². The van der Waals surface area contributed by atoms with E-state index in [1.165, 1.54) is 4.90 Å². The maximum atomic E-state index is 11.6. The smallest absolute Gasteiger partial charge is 0.225 e. The number of carbonyl (C=O) groups excluding carboxylic acids is 1. The SMILES string of the molecule is CN(C)C(=O)C[C@@H](O)c1ccc2ccccc2c1. The van der Waals surface area contributed by atoms with Crippen LogP contribution in [0.4, 0.5) is 0 Å². The first-order valence-electron chi connectivity index (χ1n) is 5.95. The second kappa shape index (κ2) is 5.19. The third-order valence-corrected chi connectivity index (χ3v) is 3.03. The summed E-state index contributed by atoms with van der Waals surface area (Å²) < 4.78 is 0. The van der Waals surface area contributed by atoms with Gasteiger partial charge in [-0.25, -0.2) is 0 Å². The molecule has 3 heteroatoms. The van der Waals surface area contributed by atoms with Gasteiger partial charge in [-0.1, -0.05) is 36.4 Å². The molecule has 3 nitrogen and oxygen atoms in total. The molecule has 0 saturated heterocycles. The van der Waals surface area contributed by atoms with Gasteiger partial charge < -0.3 is 10.0 Å². The van der Waals surface area contributed by atoms with Crippen LogP contribution < -0.4 is 0 Å². The minimum atomic E-state index is -0.746. The lowest BCUT2D eigenvalue weighted by Crippen LogP contribution is -2.23. The fourth-order valence-corrected chi connectivity index (χ4v) is 1.88. The molecule has 0 aliphatic carbocycles. The molecule has 0 spiro atoms. The van der Waals surface area contributed by atoms with Gasteiger partial charge in [-0.15, -0.1) is 0 Å². The molecular formula is C15H17NO2. The van der Waals surface area contributed by atoms with E-state index in [1.54, 1.807) is 14.1 Å². The van der Waals surface area contributed by atoms with Crippen LogP contribution >= 0.6 is 0 Å². The summed E-state index contributed by atoms with van der Waals surface area (Å²) in [4.78, 5) is 13.0. The first-order valence-corrected chi connectivity index (χ1v) is 5.95. The molecule has 18 heavy (non-hydrogen) atoms. The topological polar surface area (TPSA) is 40.5 Å². The number of fused-ring (bicyclic) bond motifs is 1. The van der Waals surface area contributed by atoms with Crippen molar-refractivity contribution < 1.29 is 9.90 Å². The molecule has 1 N–H and O–H groups in total. The van der Waals surface area contributed by atoms with Crippen molar-refractivity contribution in [3.05, 3.63) is 48.0 Å². The Hall–Kier alpha value is -1.87. The van der Waals surface area contributed by atoms with Gasteiger partial charge in [-0.2, -0.15) is 0 Å². The molecule has 0 aromatic heterocycles. The Kier molecular flexibility index (Phi) is 3.63. The van der Waals surface area contributed by atoms with Gasteiger partial charge in [0.05, 0.1) is 12.5 Å². The van der Waals surface area contributed by atoms with Crippen LogP contribution in [0.1, 0.15) is 18.1 Å². The monoisotopic (exact) mass is 243 g/mol. The van der Waals surface area contributed by atoms with E-state index < -0.39 is 6.10 Å². The molecule has 0 aliphatic rings. The van der Waals surface area contributed by atoms with Crippen molar-refractivity contribution in [3.8, 4) is 0 Å². The second-order valence-electron chi connectivity index (χ2n) is 4.61. The fourth-order valence-electron chi connectivity index (χ4n) is 1.88. The molecule has 0 radical (unpaired) electrons. The molecule has 2 aromatic rings. The zero-order valence-electron chi connectivity index (χ0n) is 10.6. The standard InChI is InChI=1S/C15H17NO2/c1-16(2)15(18)10-14(17)13-8-7-11-5-3-4-6-12(11)9-13/h3-9,14,17H,10H2,1-2H3/t14-/m1/s1. The van der Waals surface area contributed by atoms with Crippen LogP contribution in [0, 0.1) is 0 Å². The summed E-state index contributed by atoms with van der Waals surface area (Å²) >= 11 is 0. The Labute approximate surface area is 107 Å². The van der Waals surface area contributed by atoms with Crippen molar-refractivity contribution in [2.45, 2.75) is 12.5 Å². The summed E-state index contributed by atoms with van der Waals surface area (Å²) in [6.45, 7) is 0. The summed E-state index contributed by atoms with van der Waals surface area (Å²) in [5.74, 6) is -0.0735. The number of benzene rings is 2. The molecule has 0 saturated carbocycles. The highest BCUT2D eigenvalue weighted by Crippen LogP contribution is 2.22. The van der Waals surface area contributed by atoms with Crippen molar-refractivity contribution in [3.63, 3.8) is 0 Å². The summed E-state index contributed by atoms with van der Waals surface area (Å²) in [7, 11) is 3.38. The van der Waals surface area contributed by atoms with E-state index in [9.17, 15) is 9.90 Å². The van der Waals surface area contributed by atoms with Gasteiger partial charge in [0.2, 0.25) is 5.91 Å². The van der Waals surface area contributed by atoms with Crippen molar-refractivity contribution in [1.82, 2.24) is 4.90 Å². The van der Waals surface area contributed by atoms with Crippen LogP contribution in [0.2, 0.25) is 0 Å². The molecule has 1 amide bonds. The van der Waals surface area contributed by atoms with Crippen LogP contribution in [0.25, 0.3) is 10.8 Å². The molecule has 1 atom stereocenters. The molecular weight excluding hydrogens is 226 g/mol. The number of hydrogen-bond donors (Lipinski definition) is 1. The molecule has 0 aliphatic heterocycles. The zero-order chi connectivity index (χ0) is 13.1. The van der Waals surface area contributed by atoms with Crippen molar-refractivity contribution in [2.75, 3.05) is 14.1 Å². The molecule has 0 unspecified atom stereocenters. The Bertz CT molecular complexity index is 563. The predicted octanol–water partition coefficient (Wildman–Crippen LogP) is 2.35. The zero-order valence-corrected chi connectivity index (χ0v) is 10.6. The highest BCUT2D eigenvalue weighted by molar-refractivity contribution is 5.83. The summed E-state index contributed by atoms with van der Waals surface area (Å²) in [5, 5.41) is 12.3. The number of rotatable bonds is 3. The van der Waals surface area contributed by atoms with Crippen LogP contribution in [0.3, 0.4) is 0 Å². The molecule has 0 fully saturated rings. The van der Waals surface area contributed by atoms with Crippen LogP contribution in [0.15, 0.2) is 42.5 Å². The maximum Gasteiger partial charge on any atom is 0.225 e. The average molecular weight is 243 g/mol. The first-order chi connectivity index (χ1) is 8.58. The van der Waals surface area contributed by atoms with Crippen LogP contribution in [-0.2, 0) is 4.79 Å². The quantitative estimate of drug-likeness (QED) is 0.899. The first kappa shape index (κ1) is 12.6. The molecule has 2 aromatic carbocycles. The maximum absolute atomic E-state index is 11.6. The van der Waals surface area contributed by atoms with Gasteiger partial charge >= 0.3 is 0 Å². The lowest BCUT2D eigenvalue weighted by molar-refractivity contribution is -0.130. The number of carbonyl (C=O) groups is 1. The molecule has 94 valence electrons. The van der Waals surface area contributed by atoms with E-state index in [-0.39, 0.29) is 12.3 Å². The van der Waals surface area contributed by atoms with E-state index in [1.807, 2.05) is 42.5 Å². The van der Waals surface area contributed by atoms with E-state index in [4.69, 9.17) is 0 Å². The number of hydrogen-bond acceptors (Lipinski definition) is 2. The highest BCUT2D eigenvalue weighted by atomic mass is 16.3.